The molecule has 0 unspecified atom stereocenters. The molecule has 0 spiro atoms. The van der Waals surface area contributed by atoms with Crippen molar-refractivity contribution in [2.75, 3.05) is 13.1 Å². The molecule has 2 heterocycles. The predicted molar refractivity (Wildman–Crippen MR) is 65.4 cm³/mol. The number of fused-ring (bicyclic) bond motifs is 1. The van der Waals surface area contributed by atoms with Gasteiger partial charge in [0.15, 0.2) is 0 Å². The highest BCUT2D eigenvalue weighted by Crippen LogP contribution is 2.29. The van der Waals surface area contributed by atoms with Gasteiger partial charge in [-0.05, 0) is 19.3 Å². The Morgan fingerprint density at radius 3 is 2.06 bits per heavy atom. The average Bonchev–Trinajstić information content (AvgIpc) is 2.60. The number of hydrogen-bond donors (Lipinski definition) is 0. The summed E-state index contributed by atoms with van der Waals surface area (Å²) in [6.45, 7) is 4.96. The van der Waals surface area contributed by atoms with Gasteiger partial charge in [0.05, 0.1) is 12.1 Å². The van der Waals surface area contributed by atoms with E-state index in [0.717, 1.165) is 32.4 Å². The molecular formula is C13H22N2O2. The fraction of sp³-hybridized carbons (Fsp3) is 0.846. The van der Waals surface area contributed by atoms with Crippen LogP contribution >= 0.6 is 0 Å². The Kier molecular flexibility index (Phi) is 3.69. The van der Waals surface area contributed by atoms with E-state index in [1.165, 1.54) is 12.8 Å². The van der Waals surface area contributed by atoms with Crippen LogP contribution < -0.4 is 0 Å². The molecule has 0 aliphatic carbocycles. The molecule has 0 radical (unpaired) electrons. The number of carbonyl (C=O) groups is 2. The number of hydrogen-bond acceptors (Lipinski definition) is 2. The van der Waals surface area contributed by atoms with Crippen LogP contribution in [-0.4, -0.2) is 46.8 Å². The van der Waals surface area contributed by atoms with E-state index >= 15 is 0 Å². The lowest BCUT2D eigenvalue weighted by molar-refractivity contribution is -0.135. The molecule has 2 rings (SSSR count). The molecule has 96 valence electrons. The minimum atomic E-state index is 0.154. The van der Waals surface area contributed by atoms with Crippen molar-refractivity contribution in [1.29, 1.82) is 0 Å². The largest absolute Gasteiger partial charge is 0.338 e. The lowest BCUT2D eigenvalue weighted by Gasteiger charge is -2.36. The Morgan fingerprint density at radius 2 is 1.41 bits per heavy atom. The number of likely N-dealkylation sites (tertiary alicyclic amines) is 2. The third-order valence-corrected chi connectivity index (χ3v) is 4.12. The van der Waals surface area contributed by atoms with Crippen molar-refractivity contribution in [3.05, 3.63) is 0 Å². The number of carbonyl (C=O) groups excluding carboxylic acids is 2. The monoisotopic (exact) mass is 238 g/mol. The first-order valence-electron chi connectivity index (χ1n) is 6.65. The fourth-order valence-corrected chi connectivity index (χ4v) is 3.31. The van der Waals surface area contributed by atoms with Crippen LogP contribution in [0.2, 0.25) is 0 Å². The molecule has 2 atom stereocenters. The van der Waals surface area contributed by atoms with Gasteiger partial charge in [-0.1, -0.05) is 12.8 Å². The molecule has 0 aromatic rings. The topological polar surface area (TPSA) is 40.6 Å². The molecule has 0 bridgehead atoms. The Hall–Kier alpha value is -1.06. The van der Waals surface area contributed by atoms with Gasteiger partial charge in [0.25, 0.3) is 0 Å². The van der Waals surface area contributed by atoms with Crippen LogP contribution in [0.1, 0.15) is 46.0 Å². The number of amides is 2. The van der Waals surface area contributed by atoms with Crippen molar-refractivity contribution < 1.29 is 9.59 Å². The van der Waals surface area contributed by atoms with E-state index in [-0.39, 0.29) is 23.9 Å². The second-order valence-electron chi connectivity index (χ2n) is 5.20. The summed E-state index contributed by atoms with van der Waals surface area (Å²) in [5.41, 5.74) is 0. The molecule has 0 saturated carbocycles. The molecule has 0 aromatic carbocycles. The summed E-state index contributed by atoms with van der Waals surface area (Å²) in [5.74, 6) is 0.314. The first-order valence-corrected chi connectivity index (χ1v) is 6.65. The summed E-state index contributed by atoms with van der Waals surface area (Å²) >= 11 is 0. The molecule has 2 aliphatic heterocycles. The summed E-state index contributed by atoms with van der Waals surface area (Å²) in [7, 11) is 0. The lowest BCUT2D eigenvalue weighted by Crippen LogP contribution is -2.49. The van der Waals surface area contributed by atoms with Crippen molar-refractivity contribution in [2.24, 2.45) is 0 Å². The molecule has 0 aromatic heterocycles. The molecule has 17 heavy (non-hydrogen) atoms. The van der Waals surface area contributed by atoms with Gasteiger partial charge in [0.2, 0.25) is 11.8 Å². The first kappa shape index (κ1) is 12.4. The van der Waals surface area contributed by atoms with E-state index in [0.29, 0.717) is 0 Å². The van der Waals surface area contributed by atoms with Gasteiger partial charge in [-0.25, -0.2) is 0 Å². The standard InChI is InChI=1S/C13H22N2O2/c1-10(16)14-8-5-3-4-6-12-13(14)7-9-15(12)11(2)17/h12-13H,3-9H2,1-2H3/t12-,13+/m1/s1. The molecule has 2 saturated heterocycles. The fourth-order valence-electron chi connectivity index (χ4n) is 3.31. The summed E-state index contributed by atoms with van der Waals surface area (Å²) in [6.07, 6.45) is 5.44. The highest BCUT2D eigenvalue weighted by atomic mass is 16.2. The zero-order chi connectivity index (χ0) is 12.4. The summed E-state index contributed by atoms with van der Waals surface area (Å²) in [4.78, 5) is 27.3. The van der Waals surface area contributed by atoms with Crippen LogP contribution in [0.4, 0.5) is 0 Å². The Labute approximate surface area is 103 Å². The predicted octanol–water partition coefficient (Wildman–Crippen LogP) is 1.40. The highest BCUT2D eigenvalue weighted by molar-refractivity contribution is 5.76. The van der Waals surface area contributed by atoms with Gasteiger partial charge >= 0.3 is 0 Å². The minimum Gasteiger partial charge on any atom is -0.338 e. The maximum atomic E-state index is 11.7. The van der Waals surface area contributed by atoms with Crippen LogP contribution in [0.5, 0.6) is 0 Å². The molecule has 0 N–H and O–H groups in total. The molecular weight excluding hydrogens is 216 g/mol. The number of nitrogens with zero attached hydrogens (tertiary/aromatic N) is 2. The molecule has 4 nitrogen and oxygen atoms in total. The molecule has 2 amide bonds. The zero-order valence-electron chi connectivity index (χ0n) is 10.8. The van der Waals surface area contributed by atoms with E-state index in [1.807, 2.05) is 9.80 Å². The third-order valence-electron chi connectivity index (χ3n) is 4.12. The Bertz CT molecular complexity index is 317. The molecule has 4 heteroatoms. The van der Waals surface area contributed by atoms with Crippen LogP contribution in [0.15, 0.2) is 0 Å². The van der Waals surface area contributed by atoms with E-state index in [4.69, 9.17) is 0 Å². The van der Waals surface area contributed by atoms with Crippen LogP contribution in [0, 0.1) is 0 Å². The normalized spacial score (nSPS) is 29.5. The number of rotatable bonds is 0. The third kappa shape index (κ3) is 2.45. The van der Waals surface area contributed by atoms with E-state index in [2.05, 4.69) is 0 Å². The summed E-state index contributed by atoms with van der Waals surface area (Å²) in [6, 6.07) is 0.522. The van der Waals surface area contributed by atoms with Gasteiger partial charge in [-0.15, -0.1) is 0 Å². The summed E-state index contributed by atoms with van der Waals surface area (Å²) < 4.78 is 0. The van der Waals surface area contributed by atoms with Crippen molar-refractivity contribution in [3.8, 4) is 0 Å². The Balaban J connectivity index is 2.17. The second kappa shape index (κ2) is 5.07. The minimum absolute atomic E-state index is 0.154. The van der Waals surface area contributed by atoms with Crippen LogP contribution in [-0.2, 0) is 9.59 Å². The van der Waals surface area contributed by atoms with Crippen molar-refractivity contribution in [3.63, 3.8) is 0 Å². The van der Waals surface area contributed by atoms with E-state index < -0.39 is 0 Å². The summed E-state index contributed by atoms with van der Waals surface area (Å²) in [5, 5.41) is 0. The van der Waals surface area contributed by atoms with Crippen molar-refractivity contribution in [2.45, 2.75) is 58.0 Å². The maximum absolute atomic E-state index is 11.7. The van der Waals surface area contributed by atoms with E-state index in [1.54, 1.807) is 13.8 Å². The van der Waals surface area contributed by atoms with Crippen molar-refractivity contribution in [1.82, 2.24) is 9.80 Å². The lowest BCUT2D eigenvalue weighted by atomic mass is 9.97. The second-order valence-corrected chi connectivity index (χ2v) is 5.20. The van der Waals surface area contributed by atoms with Gasteiger partial charge < -0.3 is 9.80 Å². The maximum Gasteiger partial charge on any atom is 0.219 e. The highest BCUT2D eigenvalue weighted by Gasteiger charge is 2.39. The van der Waals surface area contributed by atoms with Crippen molar-refractivity contribution >= 4 is 11.8 Å². The van der Waals surface area contributed by atoms with Gasteiger partial charge in [-0.2, -0.15) is 0 Å². The molecule has 2 aliphatic rings. The van der Waals surface area contributed by atoms with Crippen LogP contribution in [0.25, 0.3) is 0 Å². The van der Waals surface area contributed by atoms with E-state index in [9.17, 15) is 9.59 Å². The smallest absolute Gasteiger partial charge is 0.219 e. The quantitative estimate of drug-likeness (QED) is 0.640. The first-order chi connectivity index (χ1) is 8.11. The average molecular weight is 238 g/mol. The van der Waals surface area contributed by atoms with Gasteiger partial charge in [-0.3, -0.25) is 9.59 Å². The Morgan fingerprint density at radius 1 is 0.824 bits per heavy atom. The van der Waals surface area contributed by atoms with Crippen LogP contribution in [0.3, 0.4) is 0 Å². The van der Waals surface area contributed by atoms with Gasteiger partial charge in [0.1, 0.15) is 0 Å². The van der Waals surface area contributed by atoms with Gasteiger partial charge in [0, 0.05) is 26.9 Å². The SMILES string of the molecule is CC(=O)N1CC[C@H]2[C@H]1CCCCCN2C(C)=O. The molecule has 2 fully saturated rings. The zero-order valence-corrected chi connectivity index (χ0v) is 10.8.